The molecule has 0 aliphatic carbocycles. The van der Waals surface area contributed by atoms with Gasteiger partial charge in [0.1, 0.15) is 11.8 Å². The first-order chi connectivity index (χ1) is 10.4. The lowest BCUT2D eigenvalue weighted by Crippen LogP contribution is -1.82. The second-order valence-electron chi connectivity index (χ2n) is 5.61. The third kappa shape index (κ3) is 9.02. The highest BCUT2D eigenvalue weighted by atomic mass is 14.7. The fourth-order valence-corrected chi connectivity index (χ4v) is 2.36. The molecule has 0 N–H and O–H groups in total. The van der Waals surface area contributed by atoms with Gasteiger partial charge in [0.2, 0.25) is 0 Å². The highest BCUT2D eigenvalue weighted by Gasteiger charge is 1.92. The zero-order chi connectivity index (χ0) is 15.2. The van der Waals surface area contributed by atoms with E-state index in [0.29, 0.717) is 5.69 Å². The topological polar surface area (TPSA) is 36.7 Å². The lowest BCUT2D eigenvalue weighted by Gasteiger charge is -2.00. The molecule has 0 unspecified atom stereocenters. The van der Waals surface area contributed by atoms with Gasteiger partial charge in [0.05, 0.1) is 0 Å². The van der Waals surface area contributed by atoms with Crippen molar-refractivity contribution in [3.63, 3.8) is 0 Å². The maximum atomic E-state index is 8.68. The van der Waals surface area contributed by atoms with Gasteiger partial charge in [0, 0.05) is 6.20 Å². The molecule has 0 atom stereocenters. The van der Waals surface area contributed by atoms with Gasteiger partial charge in [0.25, 0.3) is 0 Å². The van der Waals surface area contributed by atoms with Gasteiger partial charge in [-0.15, -0.1) is 0 Å². The molecule has 0 saturated carbocycles. The van der Waals surface area contributed by atoms with Crippen LogP contribution in [0.25, 0.3) is 6.08 Å². The summed E-state index contributed by atoms with van der Waals surface area (Å²) in [6.07, 6.45) is 19.6. The van der Waals surface area contributed by atoms with Crippen molar-refractivity contribution in [1.82, 2.24) is 4.98 Å². The number of unbranched alkanes of at least 4 members (excludes halogenated alkanes) is 9. The third-order valence-electron chi connectivity index (χ3n) is 3.69. The van der Waals surface area contributed by atoms with Gasteiger partial charge < -0.3 is 0 Å². The Morgan fingerprint density at radius 1 is 1.00 bits per heavy atom. The molecule has 0 aliphatic heterocycles. The Hall–Kier alpha value is -1.62. The van der Waals surface area contributed by atoms with E-state index in [0.717, 1.165) is 12.0 Å². The molecule has 0 radical (unpaired) electrons. The van der Waals surface area contributed by atoms with Crippen LogP contribution in [0.3, 0.4) is 0 Å². The highest BCUT2D eigenvalue weighted by Crippen LogP contribution is 2.11. The van der Waals surface area contributed by atoms with E-state index >= 15 is 0 Å². The minimum atomic E-state index is 0.478. The molecule has 1 aromatic rings. The Morgan fingerprint density at radius 2 is 1.67 bits per heavy atom. The maximum absolute atomic E-state index is 8.68. The van der Waals surface area contributed by atoms with Crippen molar-refractivity contribution in [3.05, 3.63) is 35.7 Å². The summed E-state index contributed by atoms with van der Waals surface area (Å²) in [5, 5.41) is 8.68. The van der Waals surface area contributed by atoms with Crippen molar-refractivity contribution in [3.8, 4) is 6.07 Å². The predicted molar refractivity (Wildman–Crippen MR) is 89.8 cm³/mol. The van der Waals surface area contributed by atoms with Gasteiger partial charge in [-0.3, -0.25) is 0 Å². The number of pyridine rings is 1. The van der Waals surface area contributed by atoms with Crippen LogP contribution in [-0.4, -0.2) is 4.98 Å². The van der Waals surface area contributed by atoms with Crippen LogP contribution in [0.1, 0.15) is 82.4 Å². The fraction of sp³-hybridized carbons (Fsp3) is 0.579. The van der Waals surface area contributed by atoms with E-state index in [2.05, 4.69) is 24.1 Å². The molecular weight excluding hydrogens is 256 g/mol. The van der Waals surface area contributed by atoms with Gasteiger partial charge in [-0.2, -0.15) is 5.26 Å². The second kappa shape index (κ2) is 12.1. The van der Waals surface area contributed by atoms with Crippen LogP contribution >= 0.6 is 0 Å². The van der Waals surface area contributed by atoms with E-state index in [-0.39, 0.29) is 0 Å². The van der Waals surface area contributed by atoms with Crippen LogP contribution < -0.4 is 0 Å². The van der Waals surface area contributed by atoms with Crippen molar-refractivity contribution in [2.45, 2.75) is 71.1 Å². The van der Waals surface area contributed by atoms with Gasteiger partial charge in [-0.1, -0.05) is 76.5 Å². The Balaban J connectivity index is 1.98. The van der Waals surface area contributed by atoms with E-state index in [1.807, 2.05) is 12.1 Å². The summed E-state index contributed by atoms with van der Waals surface area (Å²) in [4.78, 5) is 4.05. The smallest absolute Gasteiger partial charge is 0.140 e. The summed E-state index contributed by atoms with van der Waals surface area (Å²) in [5.41, 5.74) is 1.55. The Morgan fingerprint density at radius 3 is 2.24 bits per heavy atom. The minimum absolute atomic E-state index is 0.478. The van der Waals surface area contributed by atoms with Crippen molar-refractivity contribution in [1.29, 1.82) is 5.26 Å². The predicted octanol–water partition coefficient (Wildman–Crippen LogP) is 5.89. The molecule has 1 aromatic heterocycles. The van der Waals surface area contributed by atoms with Crippen molar-refractivity contribution in [2.24, 2.45) is 0 Å². The number of hydrogen-bond acceptors (Lipinski definition) is 2. The van der Waals surface area contributed by atoms with Gasteiger partial charge in [-0.05, 0) is 24.5 Å². The molecule has 1 rings (SSSR count). The van der Waals surface area contributed by atoms with Gasteiger partial charge in [0.15, 0.2) is 0 Å². The molecule has 0 aliphatic rings. The van der Waals surface area contributed by atoms with Gasteiger partial charge >= 0.3 is 0 Å². The summed E-state index contributed by atoms with van der Waals surface area (Å²) in [5.74, 6) is 0. The van der Waals surface area contributed by atoms with E-state index in [9.17, 15) is 0 Å². The summed E-state index contributed by atoms with van der Waals surface area (Å²) in [7, 11) is 0. The summed E-state index contributed by atoms with van der Waals surface area (Å²) >= 11 is 0. The monoisotopic (exact) mass is 284 g/mol. The van der Waals surface area contributed by atoms with Crippen LogP contribution in [0.4, 0.5) is 0 Å². The van der Waals surface area contributed by atoms with E-state index in [1.54, 1.807) is 12.3 Å². The molecule has 0 fully saturated rings. The molecule has 0 amide bonds. The second-order valence-corrected chi connectivity index (χ2v) is 5.61. The average Bonchev–Trinajstić information content (AvgIpc) is 2.53. The molecule has 0 saturated heterocycles. The largest absolute Gasteiger partial charge is 0.245 e. The Bertz CT molecular complexity index is 426. The first-order valence-corrected chi connectivity index (χ1v) is 8.39. The van der Waals surface area contributed by atoms with E-state index < -0.39 is 0 Å². The summed E-state index contributed by atoms with van der Waals surface area (Å²) in [6.45, 7) is 2.27. The molecule has 0 spiro atoms. The molecule has 1 heterocycles. The number of allylic oxidation sites excluding steroid dienone is 1. The summed E-state index contributed by atoms with van der Waals surface area (Å²) in [6, 6.07) is 5.74. The van der Waals surface area contributed by atoms with Crippen LogP contribution in [0.15, 0.2) is 24.4 Å². The van der Waals surface area contributed by atoms with Crippen LogP contribution in [0, 0.1) is 11.3 Å². The zero-order valence-corrected chi connectivity index (χ0v) is 13.4. The van der Waals surface area contributed by atoms with Crippen molar-refractivity contribution in [2.75, 3.05) is 0 Å². The van der Waals surface area contributed by atoms with E-state index in [4.69, 9.17) is 5.26 Å². The number of rotatable bonds is 11. The number of aromatic nitrogens is 1. The molecule has 0 aromatic carbocycles. The third-order valence-corrected chi connectivity index (χ3v) is 3.69. The average molecular weight is 284 g/mol. The quantitative estimate of drug-likeness (QED) is 0.475. The Labute approximate surface area is 129 Å². The first-order valence-electron chi connectivity index (χ1n) is 8.39. The van der Waals surface area contributed by atoms with Crippen LogP contribution in [0.2, 0.25) is 0 Å². The number of nitriles is 1. The summed E-state index contributed by atoms with van der Waals surface area (Å²) < 4.78 is 0. The minimum Gasteiger partial charge on any atom is -0.245 e. The first kappa shape index (κ1) is 17.4. The van der Waals surface area contributed by atoms with Crippen LogP contribution in [-0.2, 0) is 0 Å². The molecule has 21 heavy (non-hydrogen) atoms. The Kier molecular flexibility index (Phi) is 10.1. The molecule has 0 bridgehead atoms. The molecular formula is C19H28N2. The van der Waals surface area contributed by atoms with Crippen LogP contribution in [0.5, 0.6) is 0 Å². The SMILES string of the molecule is CCCCCCCCCCC/C=C/c1ccc(C#N)nc1. The standard InChI is InChI=1S/C19H28N2/c1-2-3-4-5-6-7-8-9-10-11-12-13-18-14-15-19(16-20)21-17-18/h12-15,17H,2-11H2,1H3/b13-12+. The van der Waals surface area contributed by atoms with Gasteiger partial charge in [-0.25, -0.2) is 4.98 Å². The van der Waals surface area contributed by atoms with Crippen molar-refractivity contribution >= 4 is 6.08 Å². The lowest BCUT2D eigenvalue weighted by atomic mass is 10.1. The normalized spacial score (nSPS) is 10.9. The molecule has 2 nitrogen and oxygen atoms in total. The maximum Gasteiger partial charge on any atom is 0.140 e. The zero-order valence-electron chi connectivity index (χ0n) is 13.4. The highest BCUT2D eigenvalue weighted by molar-refractivity contribution is 5.48. The number of nitrogens with zero attached hydrogens (tertiary/aromatic N) is 2. The number of hydrogen-bond donors (Lipinski definition) is 0. The molecule has 114 valence electrons. The van der Waals surface area contributed by atoms with Crippen molar-refractivity contribution < 1.29 is 0 Å². The fourth-order valence-electron chi connectivity index (χ4n) is 2.36. The lowest BCUT2D eigenvalue weighted by molar-refractivity contribution is 0.566. The molecule has 2 heteroatoms. The van der Waals surface area contributed by atoms with E-state index in [1.165, 1.54) is 57.8 Å².